The molecular formula is C20H20F7NO4S2. The summed E-state index contributed by atoms with van der Waals surface area (Å²) in [5.74, 6) is -12.2. The highest BCUT2D eigenvalue weighted by atomic mass is 32.2. The third kappa shape index (κ3) is 5.12. The molecule has 14 heteroatoms. The summed E-state index contributed by atoms with van der Waals surface area (Å²) >= 11 is 0.913. The molecule has 0 bridgehead atoms. The van der Waals surface area contributed by atoms with E-state index in [2.05, 4.69) is 0 Å². The maximum atomic E-state index is 13.3. The first-order valence-corrected chi connectivity index (χ1v) is 13.0. The van der Waals surface area contributed by atoms with Crippen LogP contribution in [0.2, 0.25) is 0 Å². The van der Waals surface area contributed by atoms with E-state index in [1.807, 2.05) is 5.32 Å². The molecule has 1 heterocycles. The van der Waals surface area contributed by atoms with Gasteiger partial charge in [-0.25, -0.2) is 26.0 Å². The number of aryl methyl sites for hydroxylation is 1. The normalized spacial score (nSPS) is 25.9. The molecule has 4 rings (SSSR count). The number of amides is 1. The largest absolute Gasteiger partial charge is 0.471 e. The quantitative estimate of drug-likeness (QED) is 0.538. The first-order chi connectivity index (χ1) is 15.5. The van der Waals surface area contributed by atoms with Gasteiger partial charge in [0.25, 0.3) is 5.92 Å². The number of ketones is 1. The lowest BCUT2D eigenvalue weighted by molar-refractivity contribution is -0.174. The molecule has 1 aromatic rings. The summed E-state index contributed by atoms with van der Waals surface area (Å²) < 4.78 is 118. The van der Waals surface area contributed by atoms with Crippen LogP contribution in [0.5, 0.6) is 0 Å². The van der Waals surface area contributed by atoms with Crippen LogP contribution in [0.1, 0.15) is 41.0 Å². The molecule has 0 radical (unpaired) electrons. The summed E-state index contributed by atoms with van der Waals surface area (Å²) in [5.41, 5.74) is 0.125. The van der Waals surface area contributed by atoms with Crippen molar-refractivity contribution in [2.24, 2.45) is 11.8 Å². The van der Waals surface area contributed by atoms with Gasteiger partial charge in [0.05, 0.1) is 16.6 Å². The first kappa shape index (κ1) is 25.4. The Morgan fingerprint density at radius 1 is 1.09 bits per heavy atom. The molecule has 1 aromatic heterocycles. The molecule has 5 nitrogen and oxygen atoms in total. The van der Waals surface area contributed by atoms with Gasteiger partial charge in [0, 0.05) is 41.5 Å². The molecule has 3 aliphatic rings. The minimum Gasteiger partial charge on any atom is -0.345 e. The molecule has 0 spiro atoms. The van der Waals surface area contributed by atoms with Gasteiger partial charge in [0.2, 0.25) is 5.92 Å². The molecule has 0 aliphatic heterocycles. The van der Waals surface area contributed by atoms with Crippen molar-refractivity contribution in [3.8, 4) is 0 Å². The highest BCUT2D eigenvalue weighted by Crippen LogP contribution is 2.50. The lowest BCUT2D eigenvalue weighted by Crippen LogP contribution is -2.45. The minimum atomic E-state index is -5.13. The number of Topliss-reactive ketones (excluding diaryl/α,β-unsaturated/α-hetero) is 1. The highest BCUT2D eigenvalue weighted by Gasteiger charge is 2.60. The predicted molar refractivity (Wildman–Crippen MR) is 106 cm³/mol. The van der Waals surface area contributed by atoms with E-state index in [9.17, 15) is 48.7 Å². The van der Waals surface area contributed by atoms with Gasteiger partial charge >= 0.3 is 12.1 Å². The molecule has 2 fully saturated rings. The number of halogens is 7. The van der Waals surface area contributed by atoms with Crippen LogP contribution < -0.4 is 5.32 Å². The molecule has 0 aromatic carbocycles. The number of nitrogens with one attached hydrogen (secondary N) is 1. The van der Waals surface area contributed by atoms with Crippen LogP contribution in [-0.2, 0) is 38.7 Å². The van der Waals surface area contributed by atoms with E-state index < -0.39 is 88.9 Å². The van der Waals surface area contributed by atoms with Crippen LogP contribution in [0.4, 0.5) is 30.7 Å². The maximum Gasteiger partial charge on any atom is 0.471 e. The van der Waals surface area contributed by atoms with Crippen LogP contribution in [0.25, 0.3) is 0 Å². The Labute approximate surface area is 194 Å². The Balaban J connectivity index is 1.62. The molecule has 190 valence electrons. The number of hydrogen-bond donors (Lipinski definition) is 1. The summed E-state index contributed by atoms with van der Waals surface area (Å²) in [6.07, 6.45) is -7.70. The molecule has 1 unspecified atom stereocenters. The number of rotatable bonds is 7. The van der Waals surface area contributed by atoms with Gasteiger partial charge in [0.1, 0.15) is 5.78 Å². The van der Waals surface area contributed by atoms with E-state index in [0.29, 0.717) is 4.88 Å². The smallest absolute Gasteiger partial charge is 0.345 e. The molecule has 2 atom stereocenters. The third-order valence-corrected chi connectivity index (χ3v) is 9.81. The van der Waals surface area contributed by atoms with Gasteiger partial charge in [-0.15, -0.1) is 11.3 Å². The lowest BCUT2D eigenvalue weighted by atomic mass is 9.83. The average Bonchev–Trinajstić information content (AvgIpc) is 3.13. The number of carbonyl (C=O) groups excluding carboxylic acids is 2. The number of fused-ring (bicyclic) bond motifs is 1. The van der Waals surface area contributed by atoms with Crippen molar-refractivity contribution in [1.82, 2.24) is 5.32 Å². The van der Waals surface area contributed by atoms with Gasteiger partial charge in [-0.05, 0) is 30.7 Å². The number of sulfone groups is 1. The minimum absolute atomic E-state index is 0.00779. The van der Waals surface area contributed by atoms with Crippen LogP contribution in [0, 0.1) is 11.8 Å². The summed E-state index contributed by atoms with van der Waals surface area (Å²) in [5, 5.41) is 1.82. The van der Waals surface area contributed by atoms with Gasteiger partial charge < -0.3 is 5.32 Å². The van der Waals surface area contributed by atoms with Crippen LogP contribution in [0.15, 0.2) is 4.90 Å². The van der Waals surface area contributed by atoms with E-state index in [0.717, 1.165) is 11.3 Å². The molecule has 3 aliphatic carbocycles. The number of carbonyl (C=O) groups is 2. The second-order valence-electron chi connectivity index (χ2n) is 9.24. The van der Waals surface area contributed by atoms with Crippen LogP contribution in [0.3, 0.4) is 0 Å². The fourth-order valence-electron chi connectivity index (χ4n) is 4.62. The lowest BCUT2D eigenvalue weighted by Gasteiger charge is -2.34. The summed E-state index contributed by atoms with van der Waals surface area (Å²) in [4.78, 5) is 23.8. The van der Waals surface area contributed by atoms with Crippen molar-refractivity contribution in [1.29, 1.82) is 0 Å². The monoisotopic (exact) mass is 535 g/mol. The van der Waals surface area contributed by atoms with Crippen molar-refractivity contribution < 1.29 is 48.7 Å². The second-order valence-corrected chi connectivity index (χ2v) is 12.4. The molecule has 1 amide bonds. The van der Waals surface area contributed by atoms with E-state index >= 15 is 0 Å². The van der Waals surface area contributed by atoms with Gasteiger partial charge in [-0.1, -0.05) is 0 Å². The number of hydrogen-bond acceptors (Lipinski definition) is 5. The second kappa shape index (κ2) is 8.17. The van der Waals surface area contributed by atoms with E-state index in [4.69, 9.17) is 0 Å². The zero-order valence-electron chi connectivity index (χ0n) is 17.5. The van der Waals surface area contributed by atoms with Crippen LogP contribution >= 0.6 is 11.3 Å². The average molecular weight is 536 g/mol. The molecular weight excluding hydrogens is 515 g/mol. The molecule has 2 saturated carbocycles. The Hall–Kier alpha value is -1.70. The third-order valence-electron chi connectivity index (χ3n) is 6.36. The van der Waals surface area contributed by atoms with E-state index in [1.165, 1.54) is 0 Å². The molecule has 34 heavy (non-hydrogen) atoms. The maximum absolute atomic E-state index is 13.3. The summed E-state index contributed by atoms with van der Waals surface area (Å²) in [7, 11) is -4.26. The Morgan fingerprint density at radius 3 is 2.24 bits per heavy atom. The standard InChI is InChI=1S/C20H20F7NO4S2/c21-18(22)5-9(6-18)8-34(31,32)16-11-3-10(28-17(30)20(25,26)27)1-2-14(11)33-15(16)4-13(29)12-7-19(12,23)24/h9-10,12H,1-8H2,(H,28,30)/t10-,12?/m0/s1. The zero-order valence-corrected chi connectivity index (χ0v) is 19.1. The van der Waals surface area contributed by atoms with Crippen molar-refractivity contribution in [2.45, 2.75) is 73.9 Å². The molecule has 0 saturated heterocycles. The van der Waals surface area contributed by atoms with Gasteiger partial charge in [-0.2, -0.15) is 13.2 Å². The summed E-state index contributed by atoms with van der Waals surface area (Å²) in [6.45, 7) is 0. The highest BCUT2D eigenvalue weighted by molar-refractivity contribution is 7.91. The fourth-order valence-corrected chi connectivity index (χ4v) is 8.47. The Kier molecular flexibility index (Phi) is 6.10. The van der Waals surface area contributed by atoms with Crippen molar-refractivity contribution in [3.63, 3.8) is 0 Å². The van der Waals surface area contributed by atoms with Crippen molar-refractivity contribution >= 4 is 32.9 Å². The topological polar surface area (TPSA) is 80.3 Å². The van der Waals surface area contributed by atoms with Crippen molar-refractivity contribution in [2.75, 3.05) is 5.75 Å². The van der Waals surface area contributed by atoms with E-state index in [1.54, 1.807) is 0 Å². The van der Waals surface area contributed by atoms with Gasteiger partial charge in [0.15, 0.2) is 9.84 Å². The van der Waals surface area contributed by atoms with E-state index in [-0.39, 0.29) is 34.6 Å². The summed E-state index contributed by atoms with van der Waals surface area (Å²) in [6, 6.07) is -1.03. The predicted octanol–water partition coefficient (Wildman–Crippen LogP) is 3.87. The fraction of sp³-hybridized carbons (Fsp3) is 0.700. The van der Waals surface area contributed by atoms with Crippen molar-refractivity contribution in [3.05, 3.63) is 15.3 Å². The number of alkyl halides is 7. The first-order valence-electron chi connectivity index (χ1n) is 10.5. The SMILES string of the molecule is O=C(Cc1sc2c(c1S(=O)(=O)CC1CC(F)(F)C1)C[C@@H](NC(=O)C(F)(F)F)CC2)C1CC1(F)F. The Bertz CT molecular complexity index is 1120. The molecule has 1 N–H and O–H groups in total. The van der Waals surface area contributed by atoms with Gasteiger partial charge in [-0.3, -0.25) is 9.59 Å². The Morgan fingerprint density at radius 2 is 1.71 bits per heavy atom. The number of thiophene rings is 1. The van der Waals surface area contributed by atoms with Crippen LogP contribution in [-0.4, -0.2) is 49.9 Å². The zero-order chi connectivity index (χ0) is 25.3.